The van der Waals surface area contributed by atoms with E-state index in [-0.39, 0.29) is 37.1 Å². The van der Waals surface area contributed by atoms with Gasteiger partial charge in [-0.1, -0.05) is 6.42 Å². The molecular weight excluding hydrogens is 244 g/mol. The highest BCUT2D eigenvalue weighted by molar-refractivity contribution is 5.85. The first kappa shape index (κ1) is 14.7. The fraction of sp³-hybridized carbons (Fsp3) is 0.909. The second-order valence-corrected chi connectivity index (χ2v) is 4.46. The summed E-state index contributed by atoms with van der Waals surface area (Å²) in [4.78, 5) is 14.0. The molecule has 2 N–H and O–H groups in total. The average molecular weight is 265 g/mol. The lowest BCUT2D eigenvalue weighted by atomic mass is 10.0. The number of amides is 1. The van der Waals surface area contributed by atoms with E-state index in [0.29, 0.717) is 19.7 Å². The molecule has 2 fully saturated rings. The van der Waals surface area contributed by atoms with Crippen LogP contribution in [0.4, 0.5) is 0 Å². The number of hydrogen-bond acceptors (Lipinski definition) is 4. The van der Waals surface area contributed by atoms with Gasteiger partial charge in [0.05, 0.1) is 25.4 Å². The molecule has 0 aromatic rings. The molecule has 2 aliphatic rings. The number of piperidine rings is 1. The highest BCUT2D eigenvalue weighted by Crippen LogP contribution is 2.12. The van der Waals surface area contributed by atoms with Crippen LogP contribution in [0.25, 0.3) is 0 Å². The van der Waals surface area contributed by atoms with Crippen molar-refractivity contribution in [3.63, 3.8) is 0 Å². The lowest BCUT2D eigenvalue weighted by Crippen LogP contribution is -2.54. The molecule has 0 aromatic carbocycles. The van der Waals surface area contributed by atoms with E-state index in [9.17, 15) is 4.79 Å². The third-order valence-corrected chi connectivity index (χ3v) is 3.26. The Kier molecular flexibility index (Phi) is 6.19. The molecule has 0 radical (unpaired) electrons. The van der Waals surface area contributed by atoms with E-state index in [2.05, 4.69) is 5.32 Å². The highest BCUT2D eigenvalue weighted by atomic mass is 35.5. The molecule has 0 aromatic heterocycles. The minimum atomic E-state index is -0.207. The monoisotopic (exact) mass is 264 g/mol. The number of aliphatic hydroxyl groups excluding tert-OH is 1. The Labute approximate surface area is 108 Å². The van der Waals surface area contributed by atoms with Gasteiger partial charge in [0.1, 0.15) is 0 Å². The second-order valence-electron chi connectivity index (χ2n) is 4.46. The summed E-state index contributed by atoms with van der Waals surface area (Å²) in [5.74, 6) is 0.168. The van der Waals surface area contributed by atoms with E-state index in [1.54, 1.807) is 0 Å². The zero-order valence-corrected chi connectivity index (χ0v) is 10.7. The van der Waals surface area contributed by atoms with Crippen LogP contribution in [-0.2, 0) is 9.53 Å². The van der Waals surface area contributed by atoms with Crippen LogP contribution in [0.3, 0.4) is 0 Å². The van der Waals surface area contributed by atoms with Crippen LogP contribution in [0.15, 0.2) is 0 Å². The SMILES string of the molecule is Cl.O=C([C@@H]1CCCCN1)N1CCOC(CO)C1. The Balaban J connectivity index is 0.00000144. The summed E-state index contributed by atoms with van der Waals surface area (Å²) >= 11 is 0. The summed E-state index contributed by atoms with van der Waals surface area (Å²) in [6.07, 6.45) is 3.00. The Morgan fingerprint density at radius 1 is 1.47 bits per heavy atom. The number of ether oxygens (including phenoxy) is 1. The molecule has 5 nitrogen and oxygen atoms in total. The van der Waals surface area contributed by atoms with Gasteiger partial charge in [-0.2, -0.15) is 0 Å². The quantitative estimate of drug-likeness (QED) is 0.723. The van der Waals surface area contributed by atoms with E-state index in [1.165, 1.54) is 0 Å². The molecular formula is C11H21ClN2O3. The predicted octanol–water partition coefficient (Wildman–Crippen LogP) is -0.230. The molecule has 2 aliphatic heterocycles. The third kappa shape index (κ3) is 3.81. The third-order valence-electron chi connectivity index (χ3n) is 3.26. The molecule has 2 saturated heterocycles. The Morgan fingerprint density at radius 3 is 2.94 bits per heavy atom. The van der Waals surface area contributed by atoms with E-state index in [4.69, 9.17) is 9.84 Å². The van der Waals surface area contributed by atoms with Gasteiger partial charge in [-0.05, 0) is 19.4 Å². The van der Waals surface area contributed by atoms with Crippen LogP contribution in [0.5, 0.6) is 0 Å². The van der Waals surface area contributed by atoms with Crippen LogP contribution >= 0.6 is 12.4 Å². The molecule has 6 heteroatoms. The van der Waals surface area contributed by atoms with Crippen molar-refractivity contribution in [1.29, 1.82) is 0 Å². The topological polar surface area (TPSA) is 61.8 Å². The molecule has 1 unspecified atom stereocenters. The van der Waals surface area contributed by atoms with Gasteiger partial charge in [-0.3, -0.25) is 4.79 Å². The molecule has 2 heterocycles. The van der Waals surface area contributed by atoms with Gasteiger partial charge >= 0.3 is 0 Å². The smallest absolute Gasteiger partial charge is 0.239 e. The number of rotatable bonds is 2. The number of carbonyl (C=O) groups excluding carboxylic acids is 1. The Hall–Kier alpha value is -0.360. The first-order valence-electron chi connectivity index (χ1n) is 6.06. The Morgan fingerprint density at radius 2 is 2.29 bits per heavy atom. The molecule has 100 valence electrons. The minimum absolute atomic E-state index is 0. The number of nitrogens with zero attached hydrogens (tertiary/aromatic N) is 1. The van der Waals surface area contributed by atoms with Crippen LogP contribution in [0.2, 0.25) is 0 Å². The van der Waals surface area contributed by atoms with Crippen molar-refractivity contribution in [2.75, 3.05) is 32.8 Å². The number of nitrogens with one attached hydrogen (secondary N) is 1. The van der Waals surface area contributed by atoms with Crippen molar-refractivity contribution in [2.24, 2.45) is 0 Å². The fourth-order valence-electron chi connectivity index (χ4n) is 2.31. The average Bonchev–Trinajstić information content (AvgIpc) is 2.39. The largest absolute Gasteiger partial charge is 0.394 e. The first-order valence-corrected chi connectivity index (χ1v) is 6.06. The van der Waals surface area contributed by atoms with Crippen LogP contribution < -0.4 is 5.32 Å². The molecule has 17 heavy (non-hydrogen) atoms. The zero-order valence-electron chi connectivity index (χ0n) is 9.93. The normalized spacial score (nSPS) is 29.6. The molecule has 0 spiro atoms. The van der Waals surface area contributed by atoms with Gasteiger partial charge in [0.25, 0.3) is 0 Å². The Bertz CT molecular complexity index is 247. The van der Waals surface area contributed by atoms with Gasteiger partial charge in [0.2, 0.25) is 5.91 Å². The van der Waals surface area contributed by atoms with Crippen molar-refractivity contribution in [3.05, 3.63) is 0 Å². The summed E-state index contributed by atoms with van der Waals surface area (Å²) in [6.45, 7) is 2.62. The number of morpholine rings is 1. The van der Waals surface area contributed by atoms with Crippen molar-refractivity contribution in [1.82, 2.24) is 10.2 Å². The van der Waals surface area contributed by atoms with Crippen LogP contribution in [0.1, 0.15) is 19.3 Å². The predicted molar refractivity (Wildman–Crippen MR) is 66.3 cm³/mol. The summed E-state index contributed by atoms with van der Waals surface area (Å²) in [6, 6.07) is -0.0220. The number of aliphatic hydroxyl groups is 1. The number of hydrogen-bond donors (Lipinski definition) is 2. The summed E-state index contributed by atoms with van der Waals surface area (Å²) in [5, 5.41) is 12.3. The highest BCUT2D eigenvalue weighted by Gasteiger charge is 2.29. The van der Waals surface area contributed by atoms with Crippen molar-refractivity contribution < 1.29 is 14.6 Å². The number of carbonyl (C=O) groups is 1. The first-order chi connectivity index (χ1) is 7.81. The standard InChI is InChI=1S/C11H20N2O3.ClH/c14-8-9-7-13(5-6-16-9)11(15)10-3-1-2-4-12-10;/h9-10,12,14H,1-8H2;1H/t9?,10-;/m0./s1. The molecule has 0 bridgehead atoms. The molecule has 0 saturated carbocycles. The number of halogens is 1. The minimum Gasteiger partial charge on any atom is -0.394 e. The van der Waals surface area contributed by atoms with Gasteiger partial charge in [-0.15, -0.1) is 12.4 Å². The summed E-state index contributed by atoms with van der Waals surface area (Å²) in [5.41, 5.74) is 0. The summed E-state index contributed by atoms with van der Waals surface area (Å²) in [7, 11) is 0. The van der Waals surface area contributed by atoms with Gasteiger partial charge in [-0.25, -0.2) is 0 Å². The van der Waals surface area contributed by atoms with Crippen LogP contribution in [-0.4, -0.2) is 60.9 Å². The van der Waals surface area contributed by atoms with Gasteiger partial charge < -0.3 is 20.1 Å². The maximum atomic E-state index is 12.1. The second kappa shape index (κ2) is 7.16. The molecule has 0 aliphatic carbocycles. The fourth-order valence-corrected chi connectivity index (χ4v) is 2.31. The van der Waals surface area contributed by atoms with E-state index in [0.717, 1.165) is 25.8 Å². The van der Waals surface area contributed by atoms with E-state index >= 15 is 0 Å². The zero-order chi connectivity index (χ0) is 11.4. The lowest BCUT2D eigenvalue weighted by molar-refractivity contribution is -0.143. The molecule has 2 atom stereocenters. The van der Waals surface area contributed by atoms with Crippen molar-refractivity contribution in [3.8, 4) is 0 Å². The molecule has 2 rings (SSSR count). The van der Waals surface area contributed by atoms with Crippen LogP contribution in [0, 0.1) is 0 Å². The van der Waals surface area contributed by atoms with E-state index < -0.39 is 0 Å². The maximum Gasteiger partial charge on any atom is 0.239 e. The van der Waals surface area contributed by atoms with Gasteiger partial charge in [0, 0.05) is 13.1 Å². The lowest BCUT2D eigenvalue weighted by Gasteiger charge is -2.35. The molecule has 1 amide bonds. The van der Waals surface area contributed by atoms with Gasteiger partial charge in [0.15, 0.2) is 0 Å². The van der Waals surface area contributed by atoms with Crippen molar-refractivity contribution >= 4 is 18.3 Å². The van der Waals surface area contributed by atoms with E-state index in [1.807, 2.05) is 4.90 Å². The maximum absolute atomic E-state index is 12.1. The summed E-state index contributed by atoms with van der Waals surface area (Å²) < 4.78 is 5.33. The van der Waals surface area contributed by atoms with Crippen molar-refractivity contribution in [2.45, 2.75) is 31.4 Å².